The van der Waals surface area contributed by atoms with Crippen LogP contribution >= 0.6 is 0 Å². The van der Waals surface area contributed by atoms with Crippen LogP contribution in [0.5, 0.6) is 0 Å². The standard InChI is InChI=1S/C18H40N2/c1-18(14-10-6-8-12-16-19(2)3)15-11-7-9-13-17-20(4)5/h18H,6-17H2,1-5H3. The van der Waals surface area contributed by atoms with E-state index < -0.39 is 0 Å². The maximum absolute atomic E-state index is 2.44. The van der Waals surface area contributed by atoms with Gasteiger partial charge in [0.15, 0.2) is 0 Å². The van der Waals surface area contributed by atoms with E-state index in [9.17, 15) is 0 Å². The van der Waals surface area contributed by atoms with E-state index in [1.165, 1.54) is 77.3 Å². The monoisotopic (exact) mass is 284 g/mol. The lowest BCUT2D eigenvalue weighted by Crippen LogP contribution is -2.12. The number of unbranched alkanes of at least 4 members (excludes halogenated alkanes) is 6. The summed E-state index contributed by atoms with van der Waals surface area (Å²) in [4.78, 5) is 4.58. The minimum absolute atomic E-state index is 0.942. The van der Waals surface area contributed by atoms with Gasteiger partial charge in [-0.1, -0.05) is 58.3 Å². The number of hydrogen-bond acceptors (Lipinski definition) is 2. The molecule has 0 aliphatic carbocycles. The highest BCUT2D eigenvalue weighted by atomic mass is 15.0. The molecule has 0 aliphatic rings. The molecule has 0 amide bonds. The van der Waals surface area contributed by atoms with E-state index in [0.29, 0.717) is 0 Å². The average molecular weight is 285 g/mol. The van der Waals surface area contributed by atoms with Gasteiger partial charge < -0.3 is 9.80 Å². The van der Waals surface area contributed by atoms with E-state index in [-0.39, 0.29) is 0 Å². The van der Waals surface area contributed by atoms with Gasteiger partial charge in [0.2, 0.25) is 0 Å². The Labute approximate surface area is 128 Å². The predicted molar refractivity (Wildman–Crippen MR) is 92.4 cm³/mol. The normalized spacial score (nSPS) is 12.0. The summed E-state index contributed by atoms with van der Waals surface area (Å²) in [5.41, 5.74) is 0. The topological polar surface area (TPSA) is 6.48 Å². The van der Waals surface area contributed by atoms with Crippen molar-refractivity contribution in [3.05, 3.63) is 0 Å². The molecule has 0 fully saturated rings. The van der Waals surface area contributed by atoms with E-state index >= 15 is 0 Å². The second-order valence-corrected chi connectivity index (χ2v) is 7.12. The van der Waals surface area contributed by atoms with E-state index in [2.05, 4.69) is 44.9 Å². The molecule has 0 aromatic heterocycles. The minimum atomic E-state index is 0.942. The first-order valence-electron chi connectivity index (χ1n) is 8.82. The molecular weight excluding hydrogens is 244 g/mol. The smallest absolute Gasteiger partial charge is 0.00248 e. The molecule has 0 bridgehead atoms. The second-order valence-electron chi connectivity index (χ2n) is 7.12. The molecule has 0 radical (unpaired) electrons. The van der Waals surface area contributed by atoms with Crippen molar-refractivity contribution in [2.24, 2.45) is 5.92 Å². The maximum Gasteiger partial charge on any atom is -0.00248 e. The average Bonchev–Trinajstić information content (AvgIpc) is 2.37. The molecule has 0 saturated heterocycles. The molecule has 0 atom stereocenters. The van der Waals surface area contributed by atoms with Crippen molar-refractivity contribution >= 4 is 0 Å². The Morgan fingerprint density at radius 3 is 1.25 bits per heavy atom. The van der Waals surface area contributed by atoms with Crippen molar-refractivity contribution in [3.63, 3.8) is 0 Å². The van der Waals surface area contributed by atoms with Gasteiger partial charge in [0.25, 0.3) is 0 Å². The van der Waals surface area contributed by atoms with Gasteiger partial charge >= 0.3 is 0 Å². The van der Waals surface area contributed by atoms with Gasteiger partial charge in [-0.15, -0.1) is 0 Å². The quantitative estimate of drug-likeness (QED) is 0.429. The molecule has 0 aromatic rings. The summed E-state index contributed by atoms with van der Waals surface area (Å²) in [7, 11) is 8.67. The molecule has 20 heavy (non-hydrogen) atoms. The minimum Gasteiger partial charge on any atom is -0.309 e. The third-order valence-corrected chi connectivity index (χ3v) is 4.10. The van der Waals surface area contributed by atoms with Crippen molar-refractivity contribution < 1.29 is 0 Å². The number of nitrogens with zero attached hydrogens (tertiary/aromatic N) is 2. The second kappa shape index (κ2) is 13.9. The predicted octanol–water partition coefficient (Wildman–Crippen LogP) is 4.65. The van der Waals surface area contributed by atoms with Crippen LogP contribution < -0.4 is 0 Å². The van der Waals surface area contributed by atoms with Crippen molar-refractivity contribution in [1.29, 1.82) is 0 Å². The highest BCUT2D eigenvalue weighted by molar-refractivity contribution is 4.56. The van der Waals surface area contributed by atoms with Crippen molar-refractivity contribution in [3.8, 4) is 0 Å². The first-order valence-corrected chi connectivity index (χ1v) is 8.82. The molecule has 0 unspecified atom stereocenters. The van der Waals surface area contributed by atoms with Crippen LogP contribution in [0.2, 0.25) is 0 Å². The SMILES string of the molecule is CC(CCCCCCN(C)C)CCCCCCN(C)C. The van der Waals surface area contributed by atoms with Crippen LogP contribution in [0.4, 0.5) is 0 Å². The Bertz CT molecular complexity index is 170. The largest absolute Gasteiger partial charge is 0.309 e. The van der Waals surface area contributed by atoms with Crippen molar-refractivity contribution in [2.45, 2.75) is 71.1 Å². The fourth-order valence-corrected chi connectivity index (χ4v) is 2.69. The van der Waals surface area contributed by atoms with Crippen LogP contribution in [-0.2, 0) is 0 Å². The highest BCUT2D eigenvalue weighted by Crippen LogP contribution is 2.17. The molecule has 0 aromatic carbocycles. The number of rotatable bonds is 14. The fraction of sp³-hybridized carbons (Fsp3) is 1.00. The lowest BCUT2D eigenvalue weighted by molar-refractivity contribution is 0.377. The number of hydrogen-bond donors (Lipinski definition) is 0. The first-order chi connectivity index (χ1) is 9.52. The van der Waals surface area contributed by atoms with Gasteiger partial charge in [-0.05, 0) is 60.0 Å². The van der Waals surface area contributed by atoms with Gasteiger partial charge in [0.1, 0.15) is 0 Å². The van der Waals surface area contributed by atoms with Crippen LogP contribution in [-0.4, -0.2) is 51.1 Å². The van der Waals surface area contributed by atoms with Crippen LogP contribution in [0, 0.1) is 5.92 Å². The summed E-state index contributed by atoms with van der Waals surface area (Å²) in [6.07, 6.45) is 14.2. The third-order valence-electron chi connectivity index (χ3n) is 4.10. The molecule has 2 heteroatoms. The molecule has 2 nitrogen and oxygen atoms in total. The van der Waals surface area contributed by atoms with Crippen LogP contribution in [0.1, 0.15) is 71.1 Å². The summed E-state index contributed by atoms with van der Waals surface area (Å²) in [6, 6.07) is 0. The summed E-state index contributed by atoms with van der Waals surface area (Å²) in [5.74, 6) is 0.942. The zero-order valence-electron chi connectivity index (χ0n) is 15.0. The first kappa shape index (κ1) is 19.9. The molecule has 0 heterocycles. The zero-order chi connectivity index (χ0) is 15.2. The van der Waals surface area contributed by atoms with Gasteiger partial charge in [0, 0.05) is 0 Å². The van der Waals surface area contributed by atoms with Crippen LogP contribution in [0.15, 0.2) is 0 Å². The summed E-state index contributed by atoms with van der Waals surface area (Å²) < 4.78 is 0. The Hall–Kier alpha value is -0.0800. The van der Waals surface area contributed by atoms with Crippen LogP contribution in [0.25, 0.3) is 0 Å². The summed E-state index contributed by atoms with van der Waals surface area (Å²) >= 11 is 0. The van der Waals surface area contributed by atoms with Crippen molar-refractivity contribution in [1.82, 2.24) is 9.80 Å². The van der Waals surface area contributed by atoms with Gasteiger partial charge in [-0.3, -0.25) is 0 Å². The maximum atomic E-state index is 2.44. The summed E-state index contributed by atoms with van der Waals surface area (Å²) in [5, 5.41) is 0. The summed E-state index contributed by atoms with van der Waals surface area (Å²) in [6.45, 7) is 4.95. The van der Waals surface area contributed by atoms with E-state index in [1.807, 2.05) is 0 Å². The van der Waals surface area contributed by atoms with Gasteiger partial charge in [-0.2, -0.15) is 0 Å². The van der Waals surface area contributed by atoms with Crippen LogP contribution in [0.3, 0.4) is 0 Å². The Balaban J connectivity index is 3.18. The lowest BCUT2D eigenvalue weighted by atomic mass is 9.96. The van der Waals surface area contributed by atoms with E-state index in [0.717, 1.165) is 5.92 Å². The molecular formula is C18H40N2. The van der Waals surface area contributed by atoms with E-state index in [4.69, 9.17) is 0 Å². The lowest BCUT2D eigenvalue weighted by Gasteiger charge is -2.12. The molecule has 0 aliphatic heterocycles. The van der Waals surface area contributed by atoms with Gasteiger partial charge in [0.05, 0.1) is 0 Å². The Morgan fingerprint density at radius 1 is 0.550 bits per heavy atom. The third kappa shape index (κ3) is 16.0. The Morgan fingerprint density at radius 2 is 0.900 bits per heavy atom. The van der Waals surface area contributed by atoms with Gasteiger partial charge in [-0.25, -0.2) is 0 Å². The highest BCUT2D eigenvalue weighted by Gasteiger charge is 2.02. The molecule has 0 rings (SSSR count). The Kier molecular flexibility index (Phi) is 13.8. The molecule has 0 spiro atoms. The van der Waals surface area contributed by atoms with Crippen molar-refractivity contribution in [2.75, 3.05) is 41.3 Å². The molecule has 122 valence electrons. The molecule has 0 saturated carbocycles. The molecule has 0 N–H and O–H groups in total. The van der Waals surface area contributed by atoms with E-state index in [1.54, 1.807) is 0 Å². The zero-order valence-corrected chi connectivity index (χ0v) is 15.0. The fourth-order valence-electron chi connectivity index (χ4n) is 2.69.